The Kier molecular flexibility index (Phi) is 5.14. The van der Waals surface area contributed by atoms with E-state index in [0.29, 0.717) is 18.9 Å². The van der Waals surface area contributed by atoms with Crippen LogP contribution in [0.2, 0.25) is 0 Å². The van der Waals surface area contributed by atoms with Crippen LogP contribution in [-0.4, -0.2) is 44.1 Å². The van der Waals surface area contributed by atoms with Gasteiger partial charge in [-0.05, 0) is 36.8 Å². The predicted octanol–water partition coefficient (Wildman–Crippen LogP) is 2.50. The van der Waals surface area contributed by atoms with E-state index in [4.69, 9.17) is 4.74 Å². The van der Waals surface area contributed by atoms with Gasteiger partial charge in [0.25, 0.3) is 11.8 Å². The second-order valence-corrected chi connectivity index (χ2v) is 6.95. The summed E-state index contributed by atoms with van der Waals surface area (Å²) in [5.74, 6) is -1.33. The monoisotopic (exact) mass is 391 g/mol. The number of aryl methyl sites for hydroxylation is 1. The van der Waals surface area contributed by atoms with E-state index in [1.165, 1.54) is 0 Å². The molecule has 0 spiro atoms. The van der Waals surface area contributed by atoms with Crippen molar-refractivity contribution in [2.24, 2.45) is 0 Å². The molecule has 0 saturated carbocycles. The molecule has 0 unspecified atom stereocenters. The van der Waals surface area contributed by atoms with Crippen LogP contribution in [0.1, 0.15) is 11.1 Å². The molecule has 7 nitrogen and oxygen atoms in total. The van der Waals surface area contributed by atoms with Crippen molar-refractivity contribution in [1.29, 1.82) is 0 Å². The van der Waals surface area contributed by atoms with Crippen molar-refractivity contribution < 1.29 is 19.1 Å². The van der Waals surface area contributed by atoms with Crippen LogP contribution in [0, 0.1) is 6.92 Å². The van der Waals surface area contributed by atoms with Crippen molar-refractivity contribution in [1.82, 2.24) is 5.32 Å². The average Bonchev–Trinajstić information content (AvgIpc) is 2.73. The number of amides is 4. The average molecular weight is 391 g/mol. The number of hydrogen-bond acceptors (Lipinski definition) is 5. The van der Waals surface area contributed by atoms with Gasteiger partial charge in [-0.2, -0.15) is 0 Å². The molecule has 0 radical (unpaired) electrons. The van der Waals surface area contributed by atoms with Crippen molar-refractivity contribution in [3.8, 4) is 0 Å². The molecule has 4 rings (SSSR count). The topological polar surface area (TPSA) is 79.0 Å². The van der Waals surface area contributed by atoms with E-state index < -0.39 is 17.8 Å². The summed E-state index contributed by atoms with van der Waals surface area (Å²) in [5, 5.41) is 2.27. The second-order valence-electron chi connectivity index (χ2n) is 6.95. The lowest BCUT2D eigenvalue weighted by atomic mass is 10.0. The number of morpholine rings is 1. The summed E-state index contributed by atoms with van der Waals surface area (Å²) >= 11 is 0. The summed E-state index contributed by atoms with van der Waals surface area (Å²) in [6.45, 7) is 4.63. The van der Waals surface area contributed by atoms with Gasteiger partial charge in [0.05, 0.1) is 18.9 Å². The predicted molar refractivity (Wildman–Crippen MR) is 110 cm³/mol. The Balaban J connectivity index is 1.71. The van der Waals surface area contributed by atoms with Gasteiger partial charge in [0, 0.05) is 18.8 Å². The zero-order valence-corrected chi connectivity index (χ0v) is 16.1. The SMILES string of the molecule is Cc1ccc(N2C(=O)NC(=O)/C(=C/c3ccccc3N3CCOCC3)C2=O)cc1. The number of anilines is 2. The summed E-state index contributed by atoms with van der Waals surface area (Å²) in [6.07, 6.45) is 1.55. The Morgan fingerprint density at radius 1 is 0.966 bits per heavy atom. The first-order valence-corrected chi connectivity index (χ1v) is 9.44. The van der Waals surface area contributed by atoms with E-state index in [-0.39, 0.29) is 5.57 Å². The Hall–Kier alpha value is -3.45. The van der Waals surface area contributed by atoms with Gasteiger partial charge < -0.3 is 9.64 Å². The van der Waals surface area contributed by atoms with Gasteiger partial charge in [0.15, 0.2) is 0 Å². The van der Waals surface area contributed by atoms with E-state index in [0.717, 1.165) is 34.8 Å². The number of ether oxygens (including phenoxy) is 1. The number of rotatable bonds is 3. The number of urea groups is 1. The van der Waals surface area contributed by atoms with E-state index in [1.54, 1.807) is 18.2 Å². The molecule has 0 aromatic heterocycles. The van der Waals surface area contributed by atoms with Crippen LogP contribution in [0.3, 0.4) is 0 Å². The zero-order valence-electron chi connectivity index (χ0n) is 16.1. The first-order chi connectivity index (χ1) is 14.0. The van der Waals surface area contributed by atoms with Gasteiger partial charge in [0.1, 0.15) is 5.57 Å². The number of imide groups is 2. The molecule has 2 fully saturated rings. The third-order valence-corrected chi connectivity index (χ3v) is 4.98. The van der Waals surface area contributed by atoms with Gasteiger partial charge in [-0.25, -0.2) is 9.69 Å². The molecule has 4 amide bonds. The molecule has 1 N–H and O–H groups in total. The Morgan fingerprint density at radius 3 is 2.38 bits per heavy atom. The molecule has 0 bridgehead atoms. The molecular weight excluding hydrogens is 370 g/mol. The number of carbonyl (C=O) groups is 3. The molecular formula is C22H21N3O4. The van der Waals surface area contributed by atoms with E-state index in [9.17, 15) is 14.4 Å². The molecule has 0 atom stereocenters. The van der Waals surface area contributed by atoms with Crippen molar-refractivity contribution in [2.75, 3.05) is 36.1 Å². The molecule has 148 valence electrons. The van der Waals surface area contributed by atoms with Crippen LogP contribution in [0.5, 0.6) is 0 Å². The van der Waals surface area contributed by atoms with Crippen molar-refractivity contribution in [2.45, 2.75) is 6.92 Å². The fraction of sp³-hybridized carbons (Fsp3) is 0.227. The van der Waals surface area contributed by atoms with E-state index >= 15 is 0 Å². The summed E-state index contributed by atoms with van der Waals surface area (Å²) in [5.41, 5.74) is 3.00. The molecule has 2 heterocycles. The van der Waals surface area contributed by atoms with Gasteiger partial charge in [-0.1, -0.05) is 35.9 Å². The molecule has 2 saturated heterocycles. The summed E-state index contributed by atoms with van der Waals surface area (Å²) in [7, 11) is 0. The van der Waals surface area contributed by atoms with Gasteiger partial charge in [0.2, 0.25) is 0 Å². The Labute approximate surface area is 168 Å². The number of para-hydroxylation sites is 1. The lowest BCUT2D eigenvalue weighted by Crippen LogP contribution is -2.54. The zero-order chi connectivity index (χ0) is 20.4. The number of benzene rings is 2. The van der Waals surface area contributed by atoms with Crippen molar-refractivity contribution in [3.63, 3.8) is 0 Å². The van der Waals surface area contributed by atoms with Crippen LogP contribution < -0.4 is 15.1 Å². The van der Waals surface area contributed by atoms with E-state index in [1.807, 2.05) is 43.3 Å². The lowest BCUT2D eigenvalue weighted by molar-refractivity contribution is -0.122. The molecule has 2 aromatic carbocycles. The molecule has 2 aliphatic rings. The second kappa shape index (κ2) is 7.89. The maximum atomic E-state index is 13.1. The fourth-order valence-electron chi connectivity index (χ4n) is 3.44. The molecule has 7 heteroatoms. The minimum atomic E-state index is -0.748. The molecule has 0 aliphatic carbocycles. The van der Waals surface area contributed by atoms with Crippen LogP contribution in [0.15, 0.2) is 54.1 Å². The maximum absolute atomic E-state index is 13.1. The lowest BCUT2D eigenvalue weighted by Gasteiger charge is -2.30. The number of carbonyl (C=O) groups excluding carboxylic acids is 3. The highest BCUT2D eigenvalue weighted by atomic mass is 16.5. The Morgan fingerprint density at radius 2 is 1.66 bits per heavy atom. The van der Waals surface area contributed by atoms with Gasteiger partial charge >= 0.3 is 6.03 Å². The number of barbiturate groups is 1. The van der Waals surface area contributed by atoms with Crippen LogP contribution in [-0.2, 0) is 14.3 Å². The molecule has 2 aliphatic heterocycles. The van der Waals surface area contributed by atoms with E-state index in [2.05, 4.69) is 10.2 Å². The number of hydrogen-bond donors (Lipinski definition) is 1. The summed E-state index contributed by atoms with van der Waals surface area (Å²) in [4.78, 5) is 41.0. The maximum Gasteiger partial charge on any atom is 0.335 e. The molecule has 2 aromatic rings. The Bertz CT molecular complexity index is 991. The standard InChI is InChI=1S/C22H21N3O4/c1-15-6-8-17(9-7-15)25-21(27)18(20(26)23-22(25)28)14-16-4-2-3-5-19(16)24-10-12-29-13-11-24/h2-9,14H,10-13H2,1H3,(H,23,26,28)/b18-14-. The largest absolute Gasteiger partial charge is 0.378 e. The normalized spacial score (nSPS) is 18.9. The number of nitrogens with one attached hydrogen (secondary N) is 1. The highest BCUT2D eigenvalue weighted by Gasteiger charge is 2.37. The van der Waals surface area contributed by atoms with Gasteiger partial charge in [-0.3, -0.25) is 14.9 Å². The minimum Gasteiger partial charge on any atom is -0.378 e. The smallest absolute Gasteiger partial charge is 0.335 e. The van der Waals surface area contributed by atoms with Crippen molar-refractivity contribution >= 4 is 35.3 Å². The highest BCUT2D eigenvalue weighted by Crippen LogP contribution is 2.27. The third-order valence-electron chi connectivity index (χ3n) is 4.98. The van der Waals surface area contributed by atoms with Crippen LogP contribution >= 0.6 is 0 Å². The fourth-order valence-corrected chi connectivity index (χ4v) is 3.44. The molecule has 29 heavy (non-hydrogen) atoms. The first-order valence-electron chi connectivity index (χ1n) is 9.44. The minimum absolute atomic E-state index is 0.0779. The summed E-state index contributed by atoms with van der Waals surface area (Å²) in [6, 6.07) is 13.8. The first kappa shape index (κ1) is 18.9. The van der Waals surface area contributed by atoms with Crippen LogP contribution in [0.4, 0.5) is 16.2 Å². The van der Waals surface area contributed by atoms with Crippen molar-refractivity contribution in [3.05, 3.63) is 65.2 Å². The highest BCUT2D eigenvalue weighted by molar-refractivity contribution is 6.39. The van der Waals surface area contributed by atoms with Crippen LogP contribution in [0.25, 0.3) is 6.08 Å². The third kappa shape index (κ3) is 3.77. The van der Waals surface area contributed by atoms with Gasteiger partial charge in [-0.15, -0.1) is 0 Å². The number of nitrogens with zero attached hydrogens (tertiary/aromatic N) is 2. The quantitative estimate of drug-likeness (QED) is 0.642. The summed E-state index contributed by atoms with van der Waals surface area (Å²) < 4.78 is 5.41.